The van der Waals surface area contributed by atoms with E-state index in [1.165, 1.54) is 0 Å². The first-order valence-corrected chi connectivity index (χ1v) is 10.8. The van der Waals surface area contributed by atoms with Crippen molar-refractivity contribution < 1.29 is 4.79 Å². The number of thiazole rings is 1. The van der Waals surface area contributed by atoms with E-state index in [-0.39, 0.29) is 5.91 Å². The highest BCUT2D eigenvalue weighted by Gasteiger charge is 2.22. The molecule has 3 aromatic carbocycles. The second kappa shape index (κ2) is 8.50. The predicted molar refractivity (Wildman–Crippen MR) is 126 cm³/mol. The van der Waals surface area contributed by atoms with E-state index < -0.39 is 5.92 Å². The average molecular weight is 422 g/mol. The molecule has 2 heterocycles. The molecular formula is C26H19N3OS. The van der Waals surface area contributed by atoms with Gasteiger partial charge in [-0.3, -0.25) is 4.79 Å². The van der Waals surface area contributed by atoms with Crippen molar-refractivity contribution in [2.45, 2.75) is 5.92 Å². The van der Waals surface area contributed by atoms with Crippen molar-refractivity contribution >= 4 is 33.3 Å². The van der Waals surface area contributed by atoms with Gasteiger partial charge in [-0.2, -0.15) is 0 Å². The van der Waals surface area contributed by atoms with Crippen molar-refractivity contribution in [2.75, 3.05) is 5.32 Å². The van der Waals surface area contributed by atoms with Gasteiger partial charge >= 0.3 is 0 Å². The van der Waals surface area contributed by atoms with Crippen molar-refractivity contribution in [3.05, 3.63) is 114 Å². The zero-order chi connectivity index (χ0) is 21.0. The summed E-state index contributed by atoms with van der Waals surface area (Å²) in [5.41, 5.74) is 4.49. The minimum atomic E-state index is -0.391. The molecule has 1 N–H and O–H groups in total. The summed E-state index contributed by atoms with van der Waals surface area (Å²) in [5, 5.41) is 3.99. The van der Waals surface area contributed by atoms with Crippen LogP contribution in [0.15, 0.2) is 103 Å². The van der Waals surface area contributed by atoms with E-state index in [2.05, 4.69) is 15.3 Å². The van der Waals surface area contributed by atoms with Crippen LogP contribution < -0.4 is 5.32 Å². The van der Waals surface area contributed by atoms with Crippen LogP contribution in [0, 0.1) is 0 Å². The lowest BCUT2D eigenvalue weighted by molar-refractivity contribution is -0.116. The van der Waals surface area contributed by atoms with Crippen molar-refractivity contribution in [1.82, 2.24) is 9.97 Å². The van der Waals surface area contributed by atoms with Crippen LogP contribution in [0.4, 0.5) is 5.69 Å². The third-order valence-electron chi connectivity index (χ3n) is 5.07. The molecule has 0 saturated carbocycles. The Morgan fingerprint density at radius 1 is 0.806 bits per heavy atom. The number of carbonyl (C=O) groups excluding carboxylic acids is 1. The maximum Gasteiger partial charge on any atom is 0.236 e. The zero-order valence-electron chi connectivity index (χ0n) is 16.6. The fourth-order valence-corrected chi connectivity index (χ4v) is 4.53. The van der Waals surface area contributed by atoms with E-state index in [0.717, 1.165) is 37.7 Å². The van der Waals surface area contributed by atoms with Gasteiger partial charge in [0, 0.05) is 17.4 Å². The predicted octanol–water partition coefficient (Wildman–Crippen LogP) is 6.13. The molecule has 4 nitrogen and oxygen atoms in total. The summed E-state index contributed by atoms with van der Waals surface area (Å²) in [5.74, 6) is -0.460. The lowest BCUT2D eigenvalue weighted by Gasteiger charge is -2.18. The molecule has 0 radical (unpaired) electrons. The first-order valence-electron chi connectivity index (χ1n) is 10.0. The molecule has 5 heteroatoms. The molecule has 0 aliphatic carbocycles. The number of fused-ring (bicyclic) bond motifs is 1. The molecule has 0 saturated heterocycles. The first kappa shape index (κ1) is 19.2. The third kappa shape index (κ3) is 4.09. The van der Waals surface area contributed by atoms with Gasteiger partial charge in [0.25, 0.3) is 0 Å². The van der Waals surface area contributed by atoms with Crippen LogP contribution >= 0.6 is 11.3 Å². The summed E-state index contributed by atoms with van der Waals surface area (Å²) in [6.07, 6.45) is 1.77. The van der Waals surface area contributed by atoms with Gasteiger partial charge in [-0.1, -0.05) is 84.1 Å². The molecule has 2 aromatic heterocycles. The normalized spacial score (nSPS) is 11.0. The highest BCUT2D eigenvalue weighted by Crippen LogP contribution is 2.31. The maximum absolute atomic E-state index is 13.4. The fourth-order valence-electron chi connectivity index (χ4n) is 3.62. The second-order valence-electron chi connectivity index (χ2n) is 7.17. The van der Waals surface area contributed by atoms with Gasteiger partial charge in [0.05, 0.1) is 5.92 Å². The molecule has 0 aliphatic rings. The molecule has 1 amide bonds. The molecule has 5 aromatic rings. The molecule has 0 unspecified atom stereocenters. The number of hydrogen-bond acceptors (Lipinski definition) is 4. The van der Waals surface area contributed by atoms with Crippen molar-refractivity contribution in [3.63, 3.8) is 0 Å². The first-order chi connectivity index (χ1) is 15.3. The van der Waals surface area contributed by atoms with Crippen LogP contribution in [0.3, 0.4) is 0 Å². The van der Waals surface area contributed by atoms with E-state index >= 15 is 0 Å². The molecule has 0 aliphatic heterocycles. The number of nitrogens with zero attached hydrogens (tertiary/aromatic N) is 2. The van der Waals surface area contributed by atoms with E-state index in [9.17, 15) is 4.79 Å². The van der Waals surface area contributed by atoms with E-state index in [0.29, 0.717) is 0 Å². The minimum absolute atomic E-state index is 0.0690. The van der Waals surface area contributed by atoms with Gasteiger partial charge in [0.1, 0.15) is 15.4 Å². The molecule has 150 valence electrons. The summed E-state index contributed by atoms with van der Waals surface area (Å²) in [6.45, 7) is 0. The van der Waals surface area contributed by atoms with E-state index in [4.69, 9.17) is 0 Å². The lowest BCUT2D eigenvalue weighted by Crippen LogP contribution is -2.22. The number of nitrogens with one attached hydrogen (secondary N) is 1. The van der Waals surface area contributed by atoms with Crippen molar-refractivity contribution in [1.29, 1.82) is 0 Å². The van der Waals surface area contributed by atoms with Crippen molar-refractivity contribution in [2.24, 2.45) is 0 Å². The maximum atomic E-state index is 13.4. The number of carbonyl (C=O) groups is 1. The minimum Gasteiger partial charge on any atom is -0.325 e. The highest BCUT2D eigenvalue weighted by atomic mass is 32.1. The monoisotopic (exact) mass is 421 g/mol. The van der Waals surface area contributed by atoms with Crippen LogP contribution in [0.1, 0.15) is 17.0 Å². The Balaban J connectivity index is 1.45. The number of pyridine rings is 1. The van der Waals surface area contributed by atoms with Crippen LogP contribution in [-0.2, 0) is 4.79 Å². The zero-order valence-corrected chi connectivity index (χ0v) is 17.4. The number of aromatic nitrogens is 2. The Morgan fingerprint density at radius 2 is 1.52 bits per heavy atom. The lowest BCUT2D eigenvalue weighted by atomic mass is 9.90. The number of hydrogen-bond donors (Lipinski definition) is 1. The van der Waals surface area contributed by atoms with Crippen LogP contribution in [0.2, 0.25) is 0 Å². The highest BCUT2D eigenvalue weighted by molar-refractivity contribution is 7.21. The Hall–Kier alpha value is -3.83. The largest absolute Gasteiger partial charge is 0.325 e. The van der Waals surface area contributed by atoms with Crippen molar-refractivity contribution in [3.8, 4) is 10.6 Å². The Bertz CT molecular complexity index is 1260. The molecule has 0 fully saturated rings. The van der Waals surface area contributed by atoms with Crippen LogP contribution in [-0.4, -0.2) is 15.9 Å². The quantitative estimate of drug-likeness (QED) is 0.371. The van der Waals surface area contributed by atoms with Crippen LogP contribution in [0.5, 0.6) is 0 Å². The third-order valence-corrected chi connectivity index (χ3v) is 6.10. The van der Waals surface area contributed by atoms with Gasteiger partial charge < -0.3 is 5.32 Å². The van der Waals surface area contributed by atoms with E-state index in [1.54, 1.807) is 17.5 Å². The van der Waals surface area contributed by atoms with Crippen LogP contribution in [0.25, 0.3) is 20.9 Å². The summed E-state index contributed by atoms with van der Waals surface area (Å²) < 4.78 is 0. The van der Waals surface area contributed by atoms with E-state index in [1.807, 2.05) is 97.1 Å². The van der Waals surface area contributed by atoms with Gasteiger partial charge in [0.2, 0.25) is 5.91 Å². The Kier molecular flexibility index (Phi) is 5.25. The van der Waals surface area contributed by atoms with Gasteiger partial charge in [-0.25, -0.2) is 9.97 Å². The number of benzene rings is 3. The van der Waals surface area contributed by atoms with Gasteiger partial charge in [0.15, 0.2) is 0 Å². The Morgan fingerprint density at radius 3 is 2.19 bits per heavy atom. The fraction of sp³-hybridized carbons (Fsp3) is 0.0385. The molecular weight excluding hydrogens is 402 g/mol. The molecule has 0 spiro atoms. The molecule has 0 bridgehead atoms. The summed E-state index contributed by atoms with van der Waals surface area (Å²) in [4.78, 5) is 23.3. The smallest absolute Gasteiger partial charge is 0.236 e. The van der Waals surface area contributed by atoms with Gasteiger partial charge in [-0.15, -0.1) is 0 Å². The number of anilines is 1. The Labute approximate surface area is 184 Å². The average Bonchev–Trinajstić information content (AvgIpc) is 3.25. The molecule has 0 atom stereocenters. The summed E-state index contributed by atoms with van der Waals surface area (Å²) >= 11 is 1.54. The molecule has 5 rings (SSSR count). The molecule has 31 heavy (non-hydrogen) atoms. The summed E-state index contributed by atoms with van der Waals surface area (Å²) in [6, 6.07) is 31.3. The topological polar surface area (TPSA) is 54.9 Å². The van der Waals surface area contributed by atoms with Gasteiger partial charge in [-0.05, 0) is 35.4 Å². The number of rotatable bonds is 5. The second-order valence-corrected chi connectivity index (χ2v) is 8.15. The summed E-state index contributed by atoms with van der Waals surface area (Å²) in [7, 11) is 0. The SMILES string of the molecule is O=C(Nc1cccc(-c2nc3cccnc3s2)c1)C(c1ccccc1)c1ccccc1. The number of amides is 1. The standard InChI is InChI=1S/C26H19N3OS/c30-24(23(18-9-3-1-4-10-18)19-11-5-2-6-12-19)28-21-14-7-13-20(17-21)25-29-22-15-8-16-27-26(22)31-25/h1-17,23H,(H,28,30).